The van der Waals surface area contributed by atoms with Gasteiger partial charge in [-0.25, -0.2) is 0 Å². The van der Waals surface area contributed by atoms with Crippen LogP contribution in [0, 0.1) is 5.92 Å². The Hall–Kier alpha value is -1.10. The van der Waals surface area contributed by atoms with Gasteiger partial charge in [-0.05, 0) is 19.3 Å². The average molecular weight is 268 g/mol. The Morgan fingerprint density at radius 2 is 2.16 bits per heavy atom. The summed E-state index contributed by atoms with van der Waals surface area (Å²) in [6.07, 6.45) is 2.78. The molecular weight excluding hydrogens is 240 g/mol. The molecule has 5 nitrogen and oxygen atoms in total. The fourth-order valence-corrected chi connectivity index (χ4v) is 2.36. The summed E-state index contributed by atoms with van der Waals surface area (Å²) < 4.78 is 0. The van der Waals surface area contributed by atoms with Crippen LogP contribution in [0.4, 0.5) is 0 Å². The topological polar surface area (TPSA) is 79.5 Å². The molecule has 0 saturated heterocycles. The standard InChI is InChI=1S/C14H28N4O/c1-9(2)13(19)12(17-10(3)4)6-5-11-7-8-16-14(15)18-11/h9-12,17H,5-8H2,1-4H3,(H3,15,16,18)/t11?,12-/m1/s1. The van der Waals surface area contributed by atoms with E-state index in [1.54, 1.807) is 0 Å². The van der Waals surface area contributed by atoms with Gasteiger partial charge in [0.25, 0.3) is 0 Å². The molecule has 1 aliphatic rings. The van der Waals surface area contributed by atoms with E-state index in [-0.39, 0.29) is 12.0 Å². The van der Waals surface area contributed by atoms with E-state index in [4.69, 9.17) is 5.73 Å². The molecule has 0 fully saturated rings. The number of nitrogens with zero attached hydrogens (tertiary/aromatic N) is 1. The molecule has 110 valence electrons. The summed E-state index contributed by atoms with van der Waals surface area (Å²) in [4.78, 5) is 16.3. The summed E-state index contributed by atoms with van der Waals surface area (Å²) in [7, 11) is 0. The zero-order valence-corrected chi connectivity index (χ0v) is 12.6. The Labute approximate surface area is 116 Å². The Kier molecular flexibility index (Phi) is 6.28. The van der Waals surface area contributed by atoms with Crippen LogP contribution in [0.3, 0.4) is 0 Å². The average Bonchev–Trinajstić information content (AvgIpc) is 2.33. The molecule has 1 unspecified atom stereocenters. The van der Waals surface area contributed by atoms with Crippen LogP contribution in [0.15, 0.2) is 4.99 Å². The number of ketones is 1. The van der Waals surface area contributed by atoms with E-state index in [0.29, 0.717) is 23.8 Å². The molecule has 0 aliphatic carbocycles. The molecule has 1 aliphatic heterocycles. The van der Waals surface area contributed by atoms with Crippen LogP contribution in [0.1, 0.15) is 47.0 Å². The van der Waals surface area contributed by atoms with E-state index in [9.17, 15) is 4.79 Å². The van der Waals surface area contributed by atoms with Crippen molar-refractivity contribution < 1.29 is 4.79 Å². The lowest BCUT2D eigenvalue weighted by molar-refractivity contribution is -0.124. The molecule has 0 aromatic heterocycles. The normalized spacial score (nSPS) is 21.2. The highest BCUT2D eigenvalue weighted by Gasteiger charge is 2.23. The number of carbonyl (C=O) groups excluding carboxylic acids is 1. The Morgan fingerprint density at radius 1 is 1.47 bits per heavy atom. The van der Waals surface area contributed by atoms with Crippen molar-refractivity contribution in [3.63, 3.8) is 0 Å². The number of hydrogen-bond acceptors (Lipinski definition) is 5. The number of nitrogens with two attached hydrogens (primary N) is 1. The summed E-state index contributed by atoms with van der Waals surface area (Å²) in [6, 6.07) is 0.606. The SMILES string of the molecule is CC(C)N[C@H](CCC1CCN=C(N)N1)C(=O)C(C)C. The molecule has 2 atom stereocenters. The molecule has 19 heavy (non-hydrogen) atoms. The number of rotatable bonds is 7. The van der Waals surface area contributed by atoms with Crippen molar-refractivity contribution in [2.24, 2.45) is 16.6 Å². The van der Waals surface area contributed by atoms with Gasteiger partial charge in [0.05, 0.1) is 6.04 Å². The van der Waals surface area contributed by atoms with Gasteiger partial charge in [0, 0.05) is 24.5 Å². The molecule has 0 saturated carbocycles. The van der Waals surface area contributed by atoms with Gasteiger partial charge < -0.3 is 16.4 Å². The first-order valence-corrected chi connectivity index (χ1v) is 7.26. The summed E-state index contributed by atoms with van der Waals surface area (Å²) >= 11 is 0. The highest BCUT2D eigenvalue weighted by molar-refractivity contribution is 5.85. The smallest absolute Gasteiger partial charge is 0.188 e. The minimum absolute atomic E-state index is 0.0538. The van der Waals surface area contributed by atoms with Crippen molar-refractivity contribution in [2.45, 2.75) is 65.1 Å². The van der Waals surface area contributed by atoms with Gasteiger partial charge in [-0.2, -0.15) is 0 Å². The first-order chi connectivity index (χ1) is 8.90. The monoisotopic (exact) mass is 268 g/mol. The van der Waals surface area contributed by atoms with Crippen molar-refractivity contribution in [1.82, 2.24) is 10.6 Å². The lowest BCUT2D eigenvalue weighted by Crippen LogP contribution is -2.46. The summed E-state index contributed by atoms with van der Waals surface area (Å²) in [6.45, 7) is 8.85. The van der Waals surface area contributed by atoms with Crippen LogP contribution in [0.25, 0.3) is 0 Å². The van der Waals surface area contributed by atoms with Gasteiger partial charge in [-0.15, -0.1) is 0 Å². The van der Waals surface area contributed by atoms with E-state index in [0.717, 1.165) is 25.8 Å². The van der Waals surface area contributed by atoms with Gasteiger partial charge in [0.2, 0.25) is 0 Å². The molecule has 0 radical (unpaired) electrons. The Morgan fingerprint density at radius 3 is 2.68 bits per heavy atom. The highest BCUT2D eigenvalue weighted by atomic mass is 16.1. The summed E-state index contributed by atoms with van der Waals surface area (Å²) in [5, 5.41) is 6.55. The van der Waals surface area contributed by atoms with Crippen LogP contribution in [0.5, 0.6) is 0 Å². The molecule has 5 heteroatoms. The molecule has 1 rings (SSSR count). The number of Topliss-reactive ketones (excluding diaryl/α,β-unsaturated/α-hetero) is 1. The molecule has 0 amide bonds. The van der Waals surface area contributed by atoms with Crippen LogP contribution in [-0.2, 0) is 4.79 Å². The zero-order valence-electron chi connectivity index (χ0n) is 12.6. The summed E-state index contributed by atoms with van der Waals surface area (Å²) in [5.41, 5.74) is 5.68. The van der Waals surface area contributed by atoms with Gasteiger partial charge in [0.1, 0.15) is 0 Å². The minimum atomic E-state index is -0.0538. The van der Waals surface area contributed by atoms with Gasteiger partial charge >= 0.3 is 0 Å². The van der Waals surface area contributed by atoms with Gasteiger partial charge in [0.15, 0.2) is 11.7 Å². The number of carbonyl (C=O) groups is 1. The van der Waals surface area contributed by atoms with E-state index < -0.39 is 0 Å². The number of guanidine groups is 1. The van der Waals surface area contributed by atoms with Crippen molar-refractivity contribution >= 4 is 11.7 Å². The van der Waals surface area contributed by atoms with E-state index >= 15 is 0 Å². The maximum Gasteiger partial charge on any atom is 0.188 e. The van der Waals surface area contributed by atoms with E-state index in [2.05, 4.69) is 29.5 Å². The maximum atomic E-state index is 12.2. The fourth-order valence-electron chi connectivity index (χ4n) is 2.36. The molecule has 0 aromatic rings. The predicted octanol–water partition coefficient (Wildman–Crippen LogP) is 1.03. The first kappa shape index (κ1) is 16.0. The van der Waals surface area contributed by atoms with Crippen molar-refractivity contribution in [3.8, 4) is 0 Å². The fraction of sp³-hybridized carbons (Fsp3) is 0.857. The second-order valence-corrected chi connectivity index (χ2v) is 5.91. The second kappa shape index (κ2) is 7.48. The number of hydrogen-bond donors (Lipinski definition) is 3. The van der Waals surface area contributed by atoms with Crippen LogP contribution in [0.2, 0.25) is 0 Å². The van der Waals surface area contributed by atoms with Crippen molar-refractivity contribution in [3.05, 3.63) is 0 Å². The maximum absolute atomic E-state index is 12.2. The van der Waals surface area contributed by atoms with E-state index in [1.807, 2.05) is 13.8 Å². The molecule has 1 heterocycles. The Balaban J connectivity index is 2.48. The minimum Gasteiger partial charge on any atom is -0.370 e. The Bertz CT molecular complexity index is 325. The van der Waals surface area contributed by atoms with Crippen LogP contribution >= 0.6 is 0 Å². The molecule has 4 N–H and O–H groups in total. The van der Waals surface area contributed by atoms with Gasteiger partial charge in [-0.3, -0.25) is 9.79 Å². The zero-order chi connectivity index (χ0) is 14.4. The van der Waals surface area contributed by atoms with Crippen LogP contribution in [-0.4, -0.2) is 36.4 Å². The molecular formula is C14H28N4O. The van der Waals surface area contributed by atoms with Gasteiger partial charge in [-0.1, -0.05) is 27.7 Å². The highest BCUT2D eigenvalue weighted by Crippen LogP contribution is 2.12. The number of nitrogens with one attached hydrogen (secondary N) is 2. The second-order valence-electron chi connectivity index (χ2n) is 5.91. The lowest BCUT2D eigenvalue weighted by atomic mass is 9.94. The third-order valence-corrected chi connectivity index (χ3v) is 3.36. The van der Waals surface area contributed by atoms with Crippen molar-refractivity contribution in [1.29, 1.82) is 0 Å². The summed E-state index contributed by atoms with van der Waals surface area (Å²) in [5.74, 6) is 0.896. The predicted molar refractivity (Wildman–Crippen MR) is 79.2 cm³/mol. The van der Waals surface area contributed by atoms with E-state index in [1.165, 1.54) is 0 Å². The van der Waals surface area contributed by atoms with Crippen molar-refractivity contribution in [2.75, 3.05) is 6.54 Å². The quantitative estimate of drug-likeness (QED) is 0.644. The van der Waals surface area contributed by atoms with Crippen LogP contribution < -0.4 is 16.4 Å². The molecule has 0 spiro atoms. The number of aliphatic imine (C=N–C) groups is 1. The molecule has 0 bridgehead atoms. The first-order valence-electron chi connectivity index (χ1n) is 7.26. The largest absolute Gasteiger partial charge is 0.370 e. The third-order valence-electron chi connectivity index (χ3n) is 3.36. The molecule has 0 aromatic carbocycles. The lowest BCUT2D eigenvalue weighted by Gasteiger charge is -2.26. The third kappa shape index (κ3) is 5.59.